The summed E-state index contributed by atoms with van der Waals surface area (Å²) < 4.78 is 11.7. The van der Waals surface area contributed by atoms with E-state index in [1.165, 1.54) is 6.42 Å². The maximum atomic E-state index is 5.88. The standard InChI is InChI=1S/C18H22N2O2/c1-14-18(22-12-15-6-4-3-5-7-15)10-17(11-19-14)21-13-16-8-9-20(16)2/h3-7,10-11,16H,8-9,12-13H2,1-2H3. The molecule has 1 aromatic carbocycles. The zero-order valence-electron chi connectivity index (χ0n) is 13.2. The number of rotatable bonds is 6. The summed E-state index contributed by atoms with van der Waals surface area (Å²) in [6.07, 6.45) is 2.97. The van der Waals surface area contributed by atoms with E-state index < -0.39 is 0 Å². The third kappa shape index (κ3) is 3.57. The fourth-order valence-corrected chi connectivity index (χ4v) is 2.43. The van der Waals surface area contributed by atoms with Gasteiger partial charge < -0.3 is 9.47 Å². The van der Waals surface area contributed by atoms with E-state index in [-0.39, 0.29) is 0 Å². The van der Waals surface area contributed by atoms with Crippen molar-refractivity contribution in [2.24, 2.45) is 0 Å². The average molecular weight is 298 g/mol. The van der Waals surface area contributed by atoms with E-state index in [0.29, 0.717) is 19.3 Å². The number of benzene rings is 1. The highest BCUT2D eigenvalue weighted by molar-refractivity contribution is 5.34. The van der Waals surface area contributed by atoms with Crippen molar-refractivity contribution in [3.63, 3.8) is 0 Å². The number of aromatic nitrogens is 1. The molecule has 2 aromatic rings. The Kier molecular flexibility index (Phi) is 4.59. The molecule has 0 N–H and O–H groups in total. The fraction of sp³-hybridized carbons (Fsp3) is 0.389. The Labute approximate surface area is 131 Å². The van der Waals surface area contributed by atoms with Gasteiger partial charge in [0.05, 0.1) is 11.9 Å². The first-order valence-electron chi connectivity index (χ1n) is 7.69. The summed E-state index contributed by atoms with van der Waals surface area (Å²) in [7, 11) is 2.12. The maximum absolute atomic E-state index is 5.88. The molecule has 1 aliphatic heterocycles. The molecule has 0 aliphatic carbocycles. The molecule has 116 valence electrons. The minimum Gasteiger partial charge on any atom is -0.490 e. The van der Waals surface area contributed by atoms with Crippen molar-refractivity contribution in [1.29, 1.82) is 0 Å². The Bertz CT molecular complexity index is 616. The third-order valence-electron chi connectivity index (χ3n) is 4.13. The lowest BCUT2D eigenvalue weighted by Gasteiger charge is -2.37. The smallest absolute Gasteiger partial charge is 0.144 e. The lowest BCUT2D eigenvalue weighted by Crippen LogP contribution is -2.48. The number of pyridine rings is 1. The van der Waals surface area contributed by atoms with Gasteiger partial charge in [0.1, 0.15) is 24.7 Å². The lowest BCUT2D eigenvalue weighted by molar-refractivity contribution is 0.0766. The molecule has 1 fully saturated rings. The molecular weight excluding hydrogens is 276 g/mol. The van der Waals surface area contributed by atoms with Crippen LogP contribution in [0.1, 0.15) is 17.7 Å². The van der Waals surface area contributed by atoms with Crippen molar-refractivity contribution in [2.75, 3.05) is 20.2 Å². The van der Waals surface area contributed by atoms with Gasteiger partial charge in [-0.15, -0.1) is 0 Å². The molecule has 1 unspecified atom stereocenters. The van der Waals surface area contributed by atoms with Crippen LogP contribution in [0.4, 0.5) is 0 Å². The molecule has 1 saturated heterocycles. The molecule has 4 heteroatoms. The van der Waals surface area contributed by atoms with Gasteiger partial charge in [-0.3, -0.25) is 9.88 Å². The van der Waals surface area contributed by atoms with Crippen molar-refractivity contribution in [1.82, 2.24) is 9.88 Å². The van der Waals surface area contributed by atoms with E-state index in [1.807, 2.05) is 31.2 Å². The van der Waals surface area contributed by atoms with E-state index in [0.717, 1.165) is 29.3 Å². The molecule has 4 nitrogen and oxygen atoms in total. The van der Waals surface area contributed by atoms with Crippen molar-refractivity contribution in [2.45, 2.75) is 26.0 Å². The van der Waals surface area contributed by atoms with Crippen molar-refractivity contribution in [3.05, 3.63) is 53.9 Å². The number of likely N-dealkylation sites (N-methyl/N-ethyl adjacent to an activating group) is 1. The molecule has 0 amide bonds. The highest BCUT2D eigenvalue weighted by Gasteiger charge is 2.24. The normalized spacial score (nSPS) is 17.8. The summed E-state index contributed by atoms with van der Waals surface area (Å²) in [5.74, 6) is 1.55. The predicted octanol–water partition coefficient (Wildman–Crippen LogP) is 3.05. The quantitative estimate of drug-likeness (QED) is 0.821. The van der Waals surface area contributed by atoms with Gasteiger partial charge in [-0.2, -0.15) is 0 Å². The molecule has 1 aromatic heterocycles. The Morgan fingerprint density at radius 3 is 2.73 bits per heavy atom. The fourth-order valence-electron chi connectivity index (χ4n) is 2.43. The van der Waals surface area contributed by atoms with E-state index >= 15 is 0 Å². The second-order valence-electron chi connectivity index (χ2n) is 5.76. The second kappa shape index (κ2) is 6.79. The van der Waals surface area contributed by atoms with Gasteiger partial charge in [-0.05, 0) is 32.5 Å². The summed E-state index contributed by atoms with van der Waals surface area (Å²) >= 11 is 0. The average Bonchev–Trinajstić information content (AvgIpc) is 2.54. The molecule has 0 radical (unpaired) electrons. The van der Waals surface area contributed by atoms with Crippen molar-refractivity contribution in [3.8, 4) is 11.5 Å². The number of aryl methyl sites for hydroxylation is 1. The van der Waals surface area contributed by atoms with E-state index in [9.17, 15) is 0 Å². The van der Waals surface area contributed by atoms with Crippen LogP contribution in [-0.2, 0) is 6.61 Å². The van der Waals surface area contributed by atoms with Crippen LogP contribution < -0.4 is 9.47 Å². The molecule has 0 spiro atoms. The maximum Gasteiger partial charge on any atom is 0.144 e. The molecule has 2 heterocycles. The summed E-state index contributed by atoms with van der Waals surface area (Å²) in [5.41, 5.74) is 2.02. The molecule has 0 saturated carbocycles. The van der Waals surface area contributed by atoms with Crippen LogP contribution in [0.3, 0.4) is 0 Å². The number of nitrogens with zero attached hydrogens (tertiary/aromatic N) is 2. The van der Waals surface area contributed by atoms with Gasteiger partial charge in [0, 0.05) is 12.1 Å². The summed E-state index contributed by atoms with van der Waals surface area (Å²) in [5, 5.41) is 0. The molecule has 22 heavy (non-hydrogen) atoms. The van der Waals surface area contributed by atoms with E-state index in [4.69, 9.17) is 9.47 Å². The lowest BCUT2D eigenvalue weighted by atomic mass is 10.1. The van der Waals surface area contributed by atoms with Gasteiger partial charge in [0.25, 0.3) is 0 Å². The SMILES string of the molecule is Cc1ncc(OCC2CCN2C)cc1OCc1ccccc1. The molecular formula is C18H22N2O2. The van der Waals surface area contributed by atoms with Crippen LogP contribution in [0.25, 0.3) is 0 Å². The van der Waals surface area contributed by atoms with Gasteiger partial charge in [0.15, 0.2) is 0 Å². The monoisotopic (exact) mass is 298 g/mol. The molecule has 1 atom stereocenters. The molecule has 1 aliphatic rings. The first kappa shape index (κ1) is 14.9. The zero-order valence-corrected chi connectivity index (χ0v) is 13.2. The van der Waals surface area contributed by atoms with Crippen LogP contribution in [0.15, 0.2) is 42.6 Å². The predicted molar refractivity (Wildman–Crippen MR) is 86.3 cm³/mol. The second-order valence-corrected chi connectivity index (χ2v) is 5.76. The van der Waals surface area contributed by atoms with Crippen LogP contribution in [0.5, 0.6) is 11.5 Å². The summed E-state index contributed by atoms with van der Waals surface area (Å²) in [6.45, 7) is 4.35. The number of hydrogen-bond donors (Lipinski definition) is 0. The first-order chi connectivity index (χ1) is 10.7. The highest BCUT2D eigenvalue weighted by Crippen LogP contribution is 2.24. The van der Waals surface area contributed by atoms with Crippen LogP contribution in [-0.4, -0.2) is 36.1 Å². The first-order valence-corrected chi connectivity index (χ1v) is 7.69. The number of likely N-dealkylation sites (tertiary alicyclic amines) is 1. The topological polar surface area (TPSA) is 34.6 Å². The Morgan fingerprint density at radius 1 is 1.23 bits per heavy atom. The number of ether oxygens (including phenoxy) is 2. The highest BCUT2D eigenvalue weighted by atomic mass is 16.5. The Morgan fingerprint density at radius 2 is 2.05 bits per heavy atom. The van der Waals surface area contributed by atoms with Crippen LogP contribution in [0, 0.1) is 6.92 Å². The number of hydrogen-bond acceptors (Lipinski definition) is 4. The van der Waals surface area contributed by atoms with Gasteiger partial charge in [-0.1, -0.05) is 30.3 Å². The Hall–Kier alpha value is -2.07. The molecule has 3 rings (SSSR count). The minimum atomic E-state index is 0.523. The summed E-state index contributed by atoms with van der Waals surface area (Å²) in [4.78, 5) is 6.67. The molecule has 0 bridgehead atoms. The largest absolute Gasteiger partial charge is 0.490 e. The zero-order chi connectivity index (χ0) is 15.4. The third-order valence-corrected chi connectivity index (χ3v) is 4.13. The minimum absolute atomic E-state index is 0.523. The van der Waals surface area contributed by atoms with Crippen molar-refractivity contribution >= 4 is 0 Å². The van der Waals surface area contributed by atoms with E-state index in [2.05, 4.69) is 29.1 Å². The van der Waals surface area contributed by atoms with Crippen molar-refractivity contribution < 1.29 is 9.47 Å². The van der Waals surface area contributed by atoms with Gasteiger partial charge in [0.2, 0.25) is 0 Å². The van der Waals surface area contributed by atoms with Crippen LogP contribution >= 0.6 is 0 Å². The Balaban J connectivity index is 1.59. The van der Waals surface area contributed by atoms with Gasteiger partial charge >= 0.3 is 0 Å². The van der Waals surface area contributed by atoms with E-state index in [1.54, 1.807) is 6.20 Å². The van der Waals surface area contributed by atoms with Crippen LogP contribution in [0.2, 0.25) is 0 Å². The van der Waals surface area contributed by atoms with Gasteiger partial charge in [-0.25, -0.2) is 0 Å². The summed E-state index contributed by atoms with van der Waals surface area (Å²) in [6, 6.07) is 12.6.